The molecule has 126 valence electrons. The predicted octanol–water partition coefficient (Wildman–Crippen LogP) is 1.26. The van der Waals surface area contributed by atoms with Crippen LogP contribution in [0.4, 0.5) is 0 Å². The quantitative estimate of drug-likeness (QED) is 0.908. The Morgan fingerprint density at radius 1 is 1.30 bits per heavy atom. The van der Waals surface area contributed by atoms with Crippen LogP contribution in [0.5, 0.6) is 0 Å². The smallest absolute Gasteiger partial charge is 0.240 e. The number of β-amino-alcohol motifs (C(OH)–C–C–N with tert-alkyl or cyclic N) is 1. The highest BCUT2D eigenvalue weighted by Gasteiger charge is 2.41. The van der Waals surface area contributed by atoms with Crippen LogP contribution in [-0.4, -0.2) is 65.8 Å². The maximum absolute atomic E-state index is 12.9. The molecule has 5 nitrogen and oxygen atoms in total. The first-order valence-electron chi connectivity index (χ1n) is 8.45. The van der Waals surface area contributed by atoms with Crippen molar-refractivity contribution in [2.75, 3.05) is 26.8 Å². The number of hydrogen-bond donors (Lipinski definition) is 1. The van der Waals surface area contributed by atoms with Gasteiger partial charge in [-0.15, -0.1) is 0 Å². The fourth-order valence-corrected chi connectivity index (χ4v) is 3.69. The monoisotopic (exact) mass is 318 g/mol. The van der Waals surface area contributed by atoms with Crippen LogP contribution in [0.3, 0.4) is 0 Å². The minimum Gasteiger partial charge on any atom is -0.392 e. The zero-order valence-electron chi connectivity index (χ0n) is 13.7. The van der Waals surface area contributed by atoms with Gasteiger partial charge in [-0.25, -0.2) is 0 Å². The van der Waals surface area contributed by atoms with Crippen molar-refractivity contribution in [1.82, 2.24) is 9.80 Å². The molecule has 2 aliphatic heterocycles. The molecule has 3 rings (SSSR count). The number of hydrogen-bond acceptors (Lipinski definition) is 4. The van der Waals surface area contributed by atoms with Crippen molar-refractivity contribution < 1.29 is 14.6 Å². The van der Waals surface area contributed by atoms with E-state index in [0.717, 1.165) is 31.6 Å². The third kappa shape index (κ3) is 3.91. The van der Waals surface area contributed by atoms with Crippen LogP contribution in [0.25, 0.3) is 0 Å². The van der Waals surface area contributed by atoms with E-state index < -0.39 is 6.10 Å². The highest BCUT2D eigenvalue weighted by Crippen LogP contribution is 2.27. The number of carbonyl (C=O) groups is 1. The van der Waals surface area contributed by atoms with E-state index in [1.807, 2.05) is 37.4 Å². The molecule has 0 unspecified atom stereocenters. The lowest BCUT2D eigenvalue weighted by Gasteiger charge is -2.36. The summed E-state index contributed by atoms with van der Waals surface area (Å²) in [5.74, 6) is 0.108. The van der Waals surface area contributed by atoms with E-state index in [4.69, 9.17) is 4.74 Å². The molecule has 23 heavy (non-hydrogen) atoms. The molecule has 2 atom stereocenters. The second-order valence-corrected chi connectivity index (χ2v) is 6.63. The number of benzene rings is 1. The SMILES string of the molecule is CN(Cc1ccccc1)C(=O)[C@@H]1C[C@@H](O)CN1C1CCOCC1. The van der Waals surface area contributed by atoms with Crippen molar-refractivity contribution in [3.8, 4) is 0 Å². The molecule has 2 fully saturated rings. The fraction of sp³-hybridized carbons (Fsp3) is 0.611. The molecule has 5 heteroatoms. The molecule has 0 aliphatic carbocycles. The van der Waals surface area contributed by atoms with Crippen molar-refractivity contribution in [2.45, 2.75) is 44.0 Å². The van der Waals surface area contributed by atoms with Crippen molar-refractivity contribution in [1.29, 1.82) is 0 Å². The summed E-state index contributed by atoms with van der Waals surface area (Å²) < 4.78 is 5.42. The Hall–Kier alpha value is -1.43. The highest BCUT2D eigenvalue weighted by molar-refractivity contribution is 5.82. The van der Waals surface area contributed by atoms with Crippen LogP contribution in [0.15, 0.2) is 30.3 Å². The third-order valence-electron chi connectivity index (χ3n) is 4.90. The van der Waals surface area contributed by atoms with Gasteiger partial charge in [0, 0.05) is 39.4 Å². The molecule has 2 heterocycles. The van der Waals surface area contributed by atoms with Crippen LogP contribution in [0.1, 0.15) is 24.8 Å². The zero-order valence-corrected chi connectivity index (χ0v) is 13.7. The minimum atomic E-state index is -0.406. The predicted molar refractivity (Wildman–Crippen MR) is 87.9 cm³/mol. The molecule has 0 radical (unpaired) electrons. The minimum absolute atomic E-state index is 0.108. The first kappa shape index (κ1) is 16.4. The van der Waals surface area contributed by atoms with Gasteiger partial charge in [-0.05, 0) is 24.8 Å². The van der Waals surface area contributed by atoms with Gasteiger partial charge in [0.25, 0.3) is 0 Å². The van der Waals surface area contributed by atoms with Gasteiger partial charge in [0.1, 0.15) is 0 Å². The average molecular weight is 318 g/mol. The standard InChI is InChI=1S/C18H26N2O3/c1-19(12-14-5-3-2-4-6-14)18(22)17-11-16(21)13-20(17)15-7-9-23-10-8-15/h2-6,15-17,21H,7-13H2,1H3/t16-,17+/m1/s1. The molecule has 0 aromatic heterocycles. The number of likely N-dealkylation sites (tertiary alicyclic amines) is 1. The largest absolute Gasteiger partial charge is 0.392 e. The summed E-state index contributed by atoms with van der Waals surface area (Å²) in [6.07, 6.45) is 2.02. The van der Waals surface area contributed by atoms with Gasteiger partial charge in [0.2, 0.25) is 5.91 Å². The van der Waals surface area contributed by atoms with Gasteiger partial charge >= 0.3 is 0 Å². The summed E-state index contributed by atoms with van der Waals surface area (Å²) in [7, 11) is 1.85. The Bertz CT molecular complexity index is 516. The molecule has 2 saturated heterocycles. The van der Waals surface area contributed by atoms with Crippen LogP contribution in [-0.2, 0) is 16.1 Å². The number of ether oxygens (including phenoxy) is 1. The summed E-state index contributed by atoms with van der Waals surface area (Å²) >= 11 is 0. The van der Waals surface area contributed by atoms with Gasteiger partial charge in [0.15, 0.2) is 0 Å². The summed E-state index contributed by atoms with van der Waals surface area (Å²) in [5.41, 5.74) is 1.12. The molecule has 0 saturated carbocycles. The number of rotatable bonds is 4. The Kier molecular flexibility index (Phi) is 5.30. The van der Waals surface area contributed by atoms with Gasteiger partial charge in [-0.2, -0.15) is 0 Å². The lowest BCUT2D eigenvalue weighted by molar-refractivity contribution is -0.136. The number of likely N-dealkylation sites (N-methyl/N-ethyl adjacent to an activating group) is 1. The Labute approximate surface area is 137 Å². The van der Waals surface area contributed by atoms with Crippen LogP contribution < -0.4 is 0 Å². The Morgan fingerprint density at radius 3 is 2.70 bits per heavy atom. The lowest BCUT2D eigenvalue weighted by atomic mass is 10.1. The summed E-state index contributed by atoms with van der Waals surface area (Å²) in [5, 5.41) is 10.1. The van der Waals surface area contributed by atoms with Crippen molar-refractivity contribution in [3.05, 3.63) is 35.9 Å². The number of amides is 1. The Balaban J connectivity index is 1.66. The first-order valence-corrected chi connectivity index (χ1v) is 8.45. The van der Waals surface area contributed by atoms with Crippen molar-refractivity contribution in [2.24, 2.45) is 0 Å². The van der Waals surface area contributed by atoms with E-state index in [1.54, 1.807) is 4.90 Å². The van der Waals surface area contributed by atoms with E-state index in [9.17, 15) is 9.90 Å². The topological polar surface area (TPSA) is 53.0 Å². The maximum Gasteiger partial charge on any atom is 0.240 e. The second kappa shape index (κ2) is 7.43. The van der Waals surface area contributed by atoms with Gasteiger partial charge in [0.05, 0.1) is 12.1 Å². The molecular weight excluding hydrogens is 292 g/mol. The summed E-state index contributed by atoms with van der Waals surface area (Å²) in [4.78, 5) is 16.9. The van der Waals surface area contributed by atoms with Gasteiger partial charge in [-0.1, -0.05) is 30.3 Å². The van der Waals surface area contributed by atoms with E-state index in [2.05, 4.69) is 4.90 Å². The average Bonchev–Trinajstić information content (AvgIpc) is 2.97. The van der Waals surface area contributed by atoms with Gasteiger partial charge < -0.3 is 14.7 Å². The molecular formula is C18H26N2O3. The normalized spacial score (nSPS) is 26.3. The first-order chi connectivity index (χ1) is 11.1. The van der Waals surface area contributed by atoms with Crippen LogP contribution >= 0.6 is 0 Å². The molecule has 1 aromatic rings. The number of aliphatic hydroxyl groups excluding tert-OH is 1. The molecule has 0 spiro atoms. The maximum atomic E-state index is 12.9. The molecule has 0 bridgehead atoms. The Morgan fingerprint density at radius 2 is 2.00 bits per heavy atom. The van der Waals surface area contributed by atoms with E-state index in [1.165, 1.54) is 0 Å². The highest BCUT2D eigenvalue weighted by atomic mass is 16.5. The van der Waals surface area contributed by atoms with Crippen molar-refractivity contribution in [3.63, 3.8) is 0 Å². The van der Waals surface area contributed by atoms with E-state index in [-0.39, 0.29) is 11.9 Å². The number of carbonyl (C=O) groups excluding carboxylic acids is 1. The zero-order chi connectivity index (χ0) is 16.2. The molecule has 2 aliphatic rings. The summed E-state index contributed by atoms with van der Waals surface area (Å²) in [6.45, 7) is 2.70. The van der Waals surface area contributed by atoms with Crippen LogP contribution in [0.2, 0.25) is 0 Å². The molecule has 1 aromatic carbocycles. The lowest BCUT2D eigenvalue weighted by Crippen LogP contribution is -2.49. The number of nitrogens with zero attached hydrogens (tertiary/aromatic N) is 2. The molecule has 1 amide bonds. The van der Waals surface area contributed by atoms with Gasteiger partial charge in [-0.3, -0.25) is 9.69 Å². The second-order valence-electron chi connectivity index (χ2n) is 6.63. The van der Waals surface area contributed by atoms with Crippen LogP contribution in [0, 0.1) is 0 Å². The van der Waals surface area contributed by atoms with E-state index >= 15 is 0 Å². The number of aliphatic hydroxyl groups is 1. The van der Waals surface area contributed by atoms with Crippen molar-refractivity contribution >= 4 is 5.91 Å². The fourth-order valence-electron chi connectivity index (χ4n) is 3.69. The third-order valence-corrected chi connectivity index (χ3v) is 4.90. The van der Waals surface area contributed by atoms with E-state index in [0.29, 0.717) is 25.6 Å². The summed E-state index contributed by atoms with van der Waals surface area (Å²) in [6, 6.07) is 10.2. The molecule has 1 N–H and O–H groups in total.